The molecule has 2 fully saturated rings. The van der Waals surface area contributed by atoms with Crippen LogP contribution in [0, 0.1) is 5.92 Å². The highest BCUT2D eigenvalue weighted by Crippen LogP contribution is 2.24. The topological polar surface area (TPSA) is 41.1 Å². The fourth-order valence-electron chi connectivity index (χ4n) is 2.19. The van der Waals surface area contributed by atoms with Crippen LogP contribution in [0.5, 0.6) is 0 Å². The number of amides is 1. The largest absolute Gasteiger partial charge is 0.356 e. The Morgan fingerprint density at radius 3 is 2.59 bits per heavy atom. The summed E-state index contributed by atoms with van der Waals surface area (Å²) in [5.74, 6) is 3.38. The average molecular weight is 256 g/mol. The number of carbonyl (C=O) groups is 1. The number of rotatable bonds is 7. The summed E-state index contributed by atoms with van der Waals surface area (Å²) >= 11 is 2.02. The third kappa shape index (κ3) is 5.77. The van der Waals surface area contributed by atoms with Gasteiger partial charge in [0.05, 0.1) is 0 Å². The molecule has 1 saturated heterocycles. The molecule has 3 nitrogen and oxygen atoms in total. The Morgan fingerprint density at radius 1 is 1.12 bits per heavy atom. The smallest absolute Gasteiger partial charge is 0.220 e. The molecule has 98 valence electrons. The number of carbonyl (C=O) groups excluding carboxylic acids is 1. The summed E-state index contributed by atoms with van der Waals surface area (Å²) in [7, 11) is 0. The third-order valence-corrected chi connectivity index (χ3v) is 4.55. The van der Waals surface area contributed by atoms with Gasteiger partial charge in [-0.2, -0.15) is 11.8 Å². The fraction of sp³-hybridized carbons (Fsp3) is 0.923. The first kappa shape index (κ1) is 13.2. The van der Waals surface area contributed by atoms with Gasteiger partial charge in [-0.25, -0.2) is 0 Å². The van der Waals surface area contributed by atoms with E-state index in [0.29, 0.717) is 5.92 Å². The van der Waals surface area contributed by atoms with Gasteiger partial charge < -0.3 is 10.6 Å². The number of hydrogen-bond acceptors (Lipinski definition) is 3. The summed E-state index contributed by atoms with van der Waals surface area (Å²) in [5.41, 5.74) is 0. The normalized spacial score (nSPS) is 21.4. The van der Waals surface area contributed by atoms with E-state index in [0.717, 1.165) is 32.0 Å². The molecule has 0 aromatic carbocycles. The number of nitrogens with one attached hydrogen (secondary N) is 2. The van der Waals surface area contributed by atoms with Gasteiger partial charge in [-0.1, -0.05) is 0 Å². The molecule has 17 heavy (non-hydrogen) atoms. The predicted molar refractivity (Wildman–Crippen MR) is 73.3 cm³/mol. The maximum absolute atomic E-state index is 11.7. The summed E-state index contributed by atoms with van der Waals surface area (Å²) in [4.78, 5) is 11.7. The quantitative estimate of drug-likeness (QED) is 0.682. The van der Waals surface area contributed by atoms with Gasteiger partial charge in [-0.05, 0) is 56.1 Å². The molecule has 0 unspecified atom stereocenters. The first-order valence-electron chi connectivity index (χ1n) is 6.92. The molecule has 0 spiro atoms. The van der Waals surface area contributed by atoms with E-state index in [1.807, 2.05) is 11.8 Å². The summed E-state index contributed by atoms with van der Waals surface area (Å²) < 4.78 is 0. The molecule has 1 amide bonds. The lowest BCUT2D eigenvalue weighted by atomic mass is 9.98. The molecule has 2 rings (SSSR count). The zero-order valence-corrected chi connectivity index (χ0v) is 11.4. The van der Waals surface area contributed by atoms with Crippen LogP contribution < -0.4 is 10.6 Å². The van der Waals surface area contributed by atoms with Gasteiger partial charge in [0.25, 0.3) is 0 Å². The number of hydrogen-bond donors (Lipinski definition) is 2. The lowest BCUT2D eigenvalue weighted by Gasteiger charge is -2.20. The summed E-state index contributed by atoms with van der Waals surface area (Å²) in [5, 5.41) is 6.50. The summed E-state index contributed by atoms with van der Waals surface area (Å²) in [6.45, 7) is 1.88. The molecule has 1 saturated carbocycles. The van der Waals surface area contributed by atoms with Crippen LogP contribution >= 0.6 is 11.8 Å². The van der Waals surface area contributed by atoms with Crippen LogP contribution in [-0.2, 0) is 4.79 Å². The Morgan fingerprint density at radius 2 is 1.88 bits per heavy atom. The van der Waals surface area contributed by atoms with Crippen LogP contribution in [0.4, 0.5) is 0 Å². The summed E-state index contributed by atoms with van der Waals surface area (Å²) in [6, 6.07) is 0.783. The lowest BCUT2D eigenvalue weighted by Crippen LogP contribution is -2.29. The first-order valence-corrected chi connectivity index (χ1v) is 8.08. The molecule has 0 bridgehead atoms. The lowest BCUT2D eigenvalue weighted by molar-refractivity contribution is -0.122. The Kier molecular flexibility index (Phi) is 5.65. The van der Waals surface area contributed by atoms with Crippen LogP contribution in [-0.4, -0.2) is 36.5 Å². The van der Waals surface area contributed by atoms with Crippen molar-refractivity contribution in [2.45, 2.75) is 44.6 Å². The van der Waals surface area contributed by atoms with E-state index in [9.17, 15) is 4.79 Å². The van der Waals surface area contributed by atoms with Crippen molar-refractivity contribution >= 4 is 17.7 Å². The van der Waals surface area contributed by atoms with Crippen molar-refractivity contribution < 1.29 is 4.79 Å². The van der Waals surface area contributed by atoms with Crippen molar-refractivity contribution in [1.29, 1.82) is 0 Å². The molecule has 1 aliphatic heterocycles. The van der Waals surface area contributed by atoms with Gasteiger partial charge in [0, 0.05) is 19.0 Å². The minimum Gasteiger partial charge on any atom is -0.356 e. The third-order valence-electron chi connectivity index (χ3n) is 3.50. The van der Waals surface area contributed by atoms with Crippen LogP contribution in [0.25, 0.3) is 0 Å². The highest BCUT2D eigenvalue weighted by Gasteiger charge is 2.19. The predicted octanol–water partition coefficient (Wildman–Crippen LogP) is 1.78. The van der Waals surface area contributed by atoms with E-state index in [2.05, 4.69) is 10.6 Å². The van der Waals surface area contributed by atoms with Gasteiger partial charge in [-0.3, -0.25) is 4.79 Å². The molecule has 2 N–H and O–H groups in total. The summed E-state index contributed by atoms with van der Waals surface area (Å²) in [6.07, 6.45) is 6.93. The molecule has 0 aromatic rings. The van der Waals surface area contributed by atoms with Crippen LogP contribution in [0.15, 0.2) is 0 Å². The van der Waals surface area contributed by atoms with E-state index < -0.39 is 0 Å². The molecule has 0 atom stereocenters. The zero-order chi connectivity index (χ0) is 11.9. The Hall–Kier alpha value is -0.220. The maximum atomic E-state index is 11.7. The van der Waals surface area contributed by atoms with E-state index in [4.69, 9.17) is 0 Å². The molecule has 0 aromatic heterocycles. The van der Waals surface area contributed by atoms with Crippen LogP contribution in [0.1, 0.15) is 38.5 Å². The molecule has 1 heterocycles. The van der Waals surface area contributed by atoms with Gasteiger partial charge in [0.15, 0.2) is 0 Å². The molecule has 2 aliphatic rings. The first-order chi connectivity index (χ1) is 8.34. The molecule has 0 radical (unpaired) electrons. The van der Waals surface area contributed by atoms with Crippen LogP contribution in [0.3, 0.4) is 0 Å². The SMILES string of the molecule is O=C(CC1CCSCC1)NCCCNC1CC1. The Labute approximate surface area is 108 Å². The van der Waals surface area contributed by atoms with E-state index in [1.165, 1.54) is 37.2 Å². The van der Waals surface area contributed by atoms with E-state index in [1.54, 1.807) is 0 Å². The van der Waals surface area contributed by atoms with Crippen molar-refractivity contribution in [1.82, 2.24) is 10.6 Å². The standard InChI is InChI=1S/C13H24N2OS/c16-13(10-11-4-8-17-9-5-11)15-7-1-6-14-12-2-3-12/h11-12,14H,1-10H2,(H,15,16). The Bertz CT molecular complexity index is 238. The van der Waals surface area contributed by atoms with E-state index in [-0.39, 0.29) is 5.91 Å². The minimum absolute atomic E-state index is 0.258. The average Bonchev–Trinajstić information content (AvgIpc) is 3.14. The molecular formula is C13H24N2OS. The van der Waals surface area contributed by atoms with Gasteiger partial charge in [0.1, 0.15) is 0 Å². The van der Waals surface area contributed by atoms with Crippen molar-refractivity contribution in [2.24, 2.45) is 5.92 Å². The second kappa shape index (κ2) is 7.27. The zero-order valence-electron chi connectivity index (χ0n) is 10.5. The molecule has 1 aliphatic carbocycles. The van der Waals surface area contributed by atoms with Crippen molar-refractivity contribution in [3.8, 4) is 0 Å². The number of thioether (sulfide) groups is 1. The second-order valence-electron chi connectivity index (χ2n) is 5.19. The minimum atomic E-state index is 0.258. The monoisotopic (exact) mass is 256 g/mol. The van der Waals surface area contributed by atoms with Gasteiger partial charge in [0.2, 0.25) is 5.91 Å². The maximum Gasteiger partial charge on any atom is 0.220 e. The van der Waals surface area contributed by atoms with Gasteiger partial charge >= 0.3 is 0 Å². The van der Waals surface area contributed by atoms with Crippen molar-refractivity contribution in [2.75, 3.05) is 24.6 Å². The van der Waals surface area contributed by atoms with Crippen molar-refractivity contribution in [3.05, 3.63) is 0 Å². The van der Waals surface area contributed by atoms with Gasteiger partial charge in [-0.15, -0.1) is 0 Å². The fourth-order valence-corrected chi connectivity index (χ4v) is 3.40. The highest BCUT2D eigenvalue weighted by molar-refractivity contribution is 7.99. The highest BCUT2D eigenvalue weighted by atomic mass is 32.2. The Balaban J connectivity index is 1.44. The van der Waals surface area contributed by atoms with E-state index >= 15 is 0 Å². The van der Waals surface area contributed by atoms with Crippen molar-refractivity contribution in [3.63, 3.8) is 0 Å². The van der Waals surface area contributed by atoms with Crippen LogP contribution in [0.2, 0.25) is 0 Å². The molecule has 4 heteroatoms. The second-order valence-corrected chi connectivity index (χ2v) is 6.42. The molecular weight excluding hydrogens is 232 g/mol.